The minimum Gasteiger partial charge on any atom is -0.391 e. The lowest BCUT2D eigenvalue weighted by atomic mass is 10.3. The van der Waals surface area contributed by atoms with E-state index in [1.807, 2.05) is 0 Å². The molecule has 1 aromatic carbocycles. The minimum atomic E-state index is -3.77. The van der Waals surface area contributed by atoms with Gasteiger partial charge < -0.3 is 5.11 Å². The van der Waals surface area contributed by atoms with Crippen molar-refractivity contribution in [2.24, 2.45) is 0 Å². The van der Waals surface area contributed by atoms with E-state index < -0.39 is 10.0 Å². The number of hydrogen-bond acceptors (Lipinski definition) is 4. The molecule has 0 atom stereocenters. The summed E-state index contributed by atoms with van der Waals surface area (Å²) in [5.74, 6) is 0. The van der Waals surface area contributed by atoms with Crippen molar-refractivity contribution in [3.05, 3.63) is 44.6 Å². The van der Waals surface area contributed by atoms with Crippen LogP contribution in [-0.4, -0.2) is 13.5 Å². The van der Waals surface area contributed by atoms with Crippen LogP contribution in [0.2, 0.25) is 10.0 Å². The maximum atomic E-state index is 12.1. The summed E-state index contributed by atoms with van der Waals surface area (Å²) in [5.41, 5.74) is 0.141. The van der Waals surface area contributed by atoms with Crippen LogP contribution in [0.5, 0.6) is 0 Å². The second-order valence-electron chi connectivity index (χ2n) is 3.61. The van der Waals surface area contributed by atoms with Crippen LogP contribution in [0.4, 0.5) is 5.69 Å². The van der Waals surface area contributed by atoms with Crippen LogP contribution in [0.15, 0.2) is 34.5 Å². The van der Waals surface area contributed by atoms with Gasteiger partial charge in [-0.1, -0.05) is 29.3 Å². The molecule has 0 bridgehead atoms. The van der Waals surface area contributed by atoms with E-state index in [-0.39, 0.29) is 27.2 Å². The summed E-state index contributed by atoms with van der Waals surface area (Å²) in [6, 6.07) is 6.10. The number of thiophene rings is 1. The van der Waals surface area contributed by atoms with E-state index in [1.54, 1.807) is 6.07 Å². The lowest BCUT2D eigenvalue weighted by Crippen LogP contribution is -2.12. The summed E-state index contributed by atoms with van der Waals surface area (Å²) in [5, 5.41) is 10.8. The Labute approximate surface area is 124 Å². The second kappa shape index (κ2) is 5.68. The van der Waals surface area contributed by atoms with Gasteiger partial charge in [-0.15, -0.1) is 11.3 Å². The molecule has 1 aromatic heterocycles. The molecule has 0 aliphatic carbocycles. The molecular formula is C11H9Cl2NO3S2. The topological polar surface area (TPSA) is 66.4 Å². The SMILES string of the molecule is O=S(=O)(Nc1c(Cl)cccc1Cl)c1csc(CO)c1. The molecule has 0 amide bonds. The number of hydrogen-bond donors (Lipinski definition) is 2. The highest BCUT2D eigenvalue weighted by Gasteiger charge is 2.19. The molecule has 2 N–H and O–H groups in total. The summed E-state index contributed by atoms with van der Waals surface area (Å²) in [7, 11) is -3.77. The molecule has 2 aromatic rings. The van der Waals surface area contributed by atoms with Gasteiger partial charge in [0.05, 0.1) is 27.2 Å². The fourth-order valence-corrected chi connectivity index (χ4v) is 4.21. The van der Waals surface area contributed by atoms with Crippen molar-refractivity contribution in [1.29, 1.82) is 0 Å². The number of para-hydroxylation sites is 1. The van der Waals surface area contributed by atoms with Gasteiger partial charge in [-0.2, -0.15) is 0 Å². The van der Waals surface area contributed by atoms with Crippen LogP contribution in [0.3, 0.4) is 0 Å². The predicted molar refractivity (Wildman–Crippen MR) is 77.5 cm³/mol. The summed E-state index contributed by atoms with van der Waals surface area (Å²) < 4.78 is 26.6. The Balaban J connectivity index is 2.36. The zero-order valence-corrected chi connectivity index (χ0v) is 12.6. The molecule has 2 rings (SSSR count). The number of nitrogens with one attached hydrogen (secondary N) is 1. The van der Waals surface area contributed by atoms with Crippen LogP contribution in [0.25, 0.3) is 0 Å². The Morgan fingerprint density at radius 2 is 1.89 bits per heavy atom. The largest absolute Gasteiger partial charge is 0.391 e. The lowest BCUT2D eigenvalue weighted by molar-refractivity contribution is 0.285. The Morgan fingerprint density at radius 1 is 1.26 bits per heavy atom. The average molecular weight is 338 g/mol. The van der Waals surface area contributed by atoms with E-state index in [0.29, 0.717) is 4.88 Å². The number of aliphatic hydroxyl groups excluding tert-OH is 1. The first-order chi connectivity index (χ1) is 8.94. The molecular weight excluding hydrogens is 329 g/mol. The zero-order valence-electron chi connectivity index (χ0n) is 9.43. The zero-order chi connectivity index (χ0) is 14.0. The predicted octanol–water partition coefficient (Wildman–Crippen LogP) is 3.35. The molecule has 0 unspecified atom stereocenters. The quantitative estimate of drug-likeness (QED) is 0.898. The summed E-state index contributed by atoms with van der Waals surface area (Å²) in [6.45, 7) is -0.201. The second-order valence-corrected chi connectivity index (χ2v) is 7.10. The van der Waals surface area contributed by atoms with Crippen molar-refractivity contribution < 1.29 is 13.5 Å². The van der Waals surface area contributed by atoms with Crippen molar-refractivity contribution in [1.82, 2.24) is 0 Å². The molecule has 19 heavy (non-hydrogen) atoms. The monoisotopic (exact) mass is 337 g/mol. The third-order valence-corrected chi connectivity index (χ3v) is 5.32. The number of benzene rings is 1. The van der Waals surface area contributed by atoms with Crippen LogP contribution in [-0.2, 0) is 16.6 Å². The molecule has 0 aliphatic rings. The normalized spacial score (nSPS) is 11.5. The molecule has 0 saturated heterocycles. The molecule has 0 saturated carbocycles. The van der Waals surface area contributed by atoms with E-state index >= 15 is 0 Å². The molecule has 0 spiro atoms. The van der Waals surface area contributed by atoms with Crippen LogP contribution in [0.1, 0.15) is 4.88 Å². The maximum Gasteiger partial charge on any atom is 0.262 e. The van der Waals surface area contributed by atoms with Crippen LogP contribution in [0, 0.1) is 0 Å². The molecule has 0 radical (unpaired) electrons. The van der Waals surface area contributed by atoms with E-state index in [2.05, 4.69) is 4.72 Å². The van der Waals surface area contributed by atoms with Crippen molar-refractivity contribution in [3.63, 3.8) is 0 Å². The van der Waals surface area contributed by atoms with Gasteiger partial charge in [-0.05, 0) is 18.2 Å². The number of halogens is 2. The van der Waals surface area contributed by atoms with Gasteiger partial charge in [0.2, 0.25) is 0 Å². The first kappa shape index (κ1) is 14.6. The fraction of sp³-hybridized carbons (Fsp3) is 0.0909. The van der Waals surface area contributed by atoms with Gasteiger partial charge in [0.1, 0.15) is 0 Å². The summed E-state index contributed by atoms with van der Waals surface area (Å²) in [4.78, 5) is 0.628. The van der Waals surface area contributed by atoms with E-state index in [1.165, 1.54) is 23.6 Å². The average Bonchev–Trinajstić information content (AvgIpc) is 2.83. The first-order valence-corrected chi connectivity index (χ1v) is 8.21. The molecule has 102 valence electrons. The number of aliphatic hydroxyl groups is 1. The summed E-state index contributed by atoms with van der Waals surface area (Å²) >= 11 is 13.0. The van der Waals surface area contributed by atoms with E-state index in [9.17, 15) is 8.42 Å². The van der Waals surface area contributed by atoms with Gasteiger partial charge in [-0.25, -0.2) is 8.42 Å². The number of anilines is 1. The molecule has 4 nitrogen and oxygen atoms in total. The van der Waals surface area contributed by atoms with Gasteiger partial charge in [0, 0.05) is 10.3 Å². The highest BCUT2D eigenvalue weighted by molar-refractivity contribution is 7.92. The Bertz CT molecular complexity index is 677. The standard InChI is InChI=1S/C11H9Cl2NO3S2/c12-9-2-1-3-10(13)11(9)14-19(16,17)8-4-7(5-15)18-6-8/h1-4,6,14-15H,5H2. The van der Waals surface area contributed by atoms with Gasteiger partial charge in [0.25, 0.3) is 10.0 Å². The highest BCUT2D eigenvalue weighted by atomic mass is 35.5. The third kappa shape index (κ3) is 3.21. The minimum absolute atomic E-state index is 0.0672. The Morgan fingerprint density at radius 3 is 2.42 bits per heavy atom. The smallest absolute Gasteiger partial charge is 0.262 e. The third-order valence-electron chi connectivity index (χ3n) is 2.30. The number of sulfonamides is 1. The van der Waals surface area contributed by atoms with E-state index in [4.69, 9.17) is 28.3 Å². The van der Waals surface area contributed by atoms with Crippen LogP contribution < -0.4 is 4.72 Å². The highest BCUT2D eigenvalue weighted by Crippen LogP contribution is 2.32. The Kier molecular flexibility index (Phi) is 4.37. The molecule has 0 aliphatic heterocycles. The molecule has 0 fully saturated rings. The van der Waals surface area contributed by atoms with Crippen LogP contribution >= 0.6 is 34.5 Å². The van der Waals surface area contributed by atoms with Gasteiger partial charge >= 0.3 is 0 Å². The number of rotatable bonds is 4. The fourth-order valence-electron chi connectivity index (χ4n) is 1.37. The molecule has 1 heterocycles. The maximum absolute atomic E-state index is 12.1. The Hall–Kier alpha value is -0.790. The van der Waals surface area contributed by atoms with Gasteiger partial charge in [0.15, 0.2) is 0 Å². The molecule has 8 heteroatoms. The van der Waals surface area contributed by atoms with E-state index in [0.717, 1.165) is 11.3 Å². The van der Waals surface area contributed by atoms with Crippen molar-refractivity contribution in [3.8, 4) is 0 Å². The van der Waals surface area contributed by atoms with Crippen molar-refractivity contribution in [2.45, 2.75) is 11.5 Å². The summed E-state index contributed by atoms with van der Waals surface area (Å²) in [6.07, 6.45) is 0. The van der Waals surface area contributed by atoms with Crippen molar-refractivity contribution >= 4 is 50.2 Å². The lowest BCUT2D eigenvalue weighted by Gasteiger charge is -2.09. The van der Waals surface area contributed by atoms with Gasteiger partial charge in [-0.3, -0.25) is 4.72 Å². The van der Waals surface area contributed by atoms with Crippen molar-refractivity contribution in [2.75, 3.05) is 4.72 Å². The first-order valence-electron chi connectivity index (χ1n) is 5.09.